The van der Waals surface area contributed by atoms with E-state index in [1.807, 2.05) is 58.0 Å². The maximum atomic E-state index is 15.5. The molecule has 2 N–H and O–H groups in total. The predicted octanol–water partition coefficient (Wildman–Crippen LogP) is 12.6. The van der Waals surface area contributed by atoms with Crippen molar-refractivity contribution in [1.29, 1.82) is 0 Å². The molecule has 2 fully saturated rings. The summed E-state index contributed by atoms with van der Waals surface area (Å²) in [6.45, 7) is 14.2. The van der Waals surface area contributed by atoms with E-state index in [-0.39, 0.29) is 110 Å². The molecule has 97 heavy (non-hydrogen) atoms. The standard InChI is InChI=1S/C70H96N2O22P2.CH4/c1-10-46(7)35-62(77)91-66-48(9)56(89-70(64(66)71-58(73)37-54(12-3)87-60(75)14-5)94-96(80,83-40-50-29-21-17-22-30-50)84-41-51-31-23-18-24-32-51)45-82-69-65(72-59(74)38-55(13-4)88-61(76)15-6)68(92-63(78)36-47(8)11-2)67(57(90-69)44-81-39-49-27-19-16-20-28-49)93-95(79)85-42-52-33-25-26-34-53(52)43-86-95;/h16-34,46-48,54-57,64-70H,10-15,35-45H2,1-9H3,(H,71,73)(H,72,74);1H4/t46-,47-,48-,54-,55-,56?,57?,64?,65?,66+,67-,68-,69-,70-;/m1./s1. The number of carbonyl (C=O) groups is 6. The zero-order chi connectivity index (χ0) is 69.2. The summed E-state index contributed by atoms with van der Waals surface area (Å²) in [5.74, 6) is -5.16. The van der Waals surface area contributed by atoms with Gasteiger partial charge in [-0.05, 0) is 52.5 Å². The number of hydrogen-bond acceptors (Lipinski definition) is 22. The van der Waals surface area contributed by atoms with Gasteiger partial charge in [-0.25, -0.2) is 9.13 Å². The average Bonchev–Trinajstić information content (AvgIpc) is 1.22. The van der Waals surface area contributed by atoms with Crippen molar-refractivity contribution in [2.45, 2.75) is 234 Å². The molecule has 4 unspecified atom stereocenters. The number of benzene rings is 4. The Balaban J connectivity index is 0.0000149. The summed E-state index contributed by atoms with van der Waals surface area (Å²) in [7, 11) is -9.53. The van der Waals surface area contributed by atoms with Gasteiger partial charge in [0.15, 0.2) is 18.7 Å². The van der Waals surface area contributed by atoms with E-state index >= 15 is 9.13 Å². The minimum atomic E-state index is -4.86. The largest absolute Gasteiger partial charge is 0.477 e. The minimum absolute atomic E-state index is 0. The quantitative estimate of drug-likeness (QED) is 0.0241. The van der Waals surface area contributed by atoms with Crippen LogP contribution in [0.2, 0.25) is 0 Å². The van der Waals surface area contributed by atoms with Crippen LogP contribution in [0.3, 0.4) is 0 Å². The van der Waals surface area contributed by atoms with E-state index in [0.717, 1.165) is 5.56 Å². The highest BCUT2D eigenvalue weighted by Crippen LogP contribution is 2.56. The Hall–Kier alpha value is -6.24. The Morgan fingerprint density at radius 3 is 1.42 bits per heavy atom. The molecule has 26 heteroatoms. The van der Waals surface area contributed by atoms with Crippen LogP contribution in [-0.2, 0) is 136 Å². The Bertz CT molecular complexity index is 3110. The predicted molar refractivity (Wildman–Crippen MR) is 357 cm³/mol. The van der Waals surface area contributed by atoms with E-state index in [1.165, 1.54) is 0 Å². The van der Waals surface area contributed by atoms with Gasteiger partial charge < -0.3 is 48.5 Å². The summed E-state index contributed by atoms with van der Waals surface area (Å²) < 4.78 is 119. The number of rotatable bonds is 37. The van der Waals surface area contributed by atoms with Gasteiger partial charge in [0.1, 0.15) is 42.6 Å². The fourth-order valence-electron chi connectivity index (χ4n) is 10.6. The molecule has 0 bridgehead atoms. The highest BCUT2D eigenvalue weighted by molar-refractivity contribution is 7.48. The highest BCUT2D eigenvalue weighted by Gasteiger charge is 2.56. The molecule has 536 valence electrons. The molecule has 0 saturated carbocycles. The molecule has 3 aliphatic heterocycles. The fourth-order valence-corrected chi connectivity index (χ4v) is 13.2. The van der Waals surface area contributed by atoms with Crippen LogP contribution in [-0.4, -0.2) is 116 Å². The van der Waals surface area contributed by atoms with Crippen molar-refractivity contribution in [1.82, 2.24) is 10.6 Å². The lowest BCUT2D eigenvalue weighted by atomic mass is 9.88. The molecule has 3 aliphatic rings. The Labute approximate surface area is 571 Å². The summed E-state index contributed by atoms with van der Waals surface area (Å²) in [5, 5.41) is 5.85. The maximum Gasteiger partial charge on any atom is 0.477 e. The zero-order valence-corrected chi connectivity index (χ0v) is 58.2. The first-order valence-corrected chi connectivity index (χ1v) is 36.3. The van der Waals surface area contributed by atoms with Crippen LogP contribution in [0.5, 0.6) is 0 Å². The van der Waals surface area contributed by atoms with Crippen LogP contribution in [0.4, 0.5) is 0 Å². The second-order valence-corrected chi connectivity index (χ2v) is 27.6. The molecule has 4 aromatic rings. The van der Waals surface area contributed by atoms with Gasteiger partial charge in [0.05, 0.1) is 65.2 Å². The fraction of sp³-hybridized carbons (Fsp3) is 0.577. The molecular weight excluding hydrogens is 1290 g/mol. The first-order valence-electron chi connectivity index (χ1n) is 33.4. The lowest BCUT2D eigenvalue weighted by molar-refractivity contribution is -0.293. The van der Waals surface area contributed by atoms with Gasteiger partial charge in [0, 0.05) is 31.6 Å². The van der Waals surface area contributed by atoms with Crippen molar-refractivity contribution in [2.24, 2.45) is 17.8 Å². The Morgan fingerprint density at radius 1 is 0.536 bits per heavy atom. The number of carbonyl (C=O) groups excluding carboxylic acids is 6. The summed E-state index contributed by atoms with van der Waals surface area (Å²) in [4.78, 5) is 83.2. The van der Waals surface area contributed by atoms with Crippen molar-refractivity contribution >= 4 is 51.3 Å². The lowest BCUT2D eigenvalue weighted by Gasteiger charge is -2.48. The van der Waals surface area contributed by atoms with Crippen molar-refractivity contribution < 1.29 is 103 Å². The number of phosphoric ester groups is 2. The molecule has 0 radical (unpaired) electrons. The molecule has 7 rings (SSSR count). The molecule has 14 atom stereocenters. The van der Waals surface area contributed by atoms with Crippen LogP contribution in [0.15, 0.2) is 115 Å². The monoisotopic (exact) mass is 1390 g/mol. The second-order valence-electron chi connectivity index (χ2n) is 24.4. The molecule has 4 aromatic carbocycles. The summed E-state index contributed by atoms with van der Waals surface area (Å²) >= 11 is 0. The molecule has 0 spiro atoms. The molecule has 0 aromatic heterocycles. The van der Waals surface area contributed by atoms with Gasteiger partial charge in [0.2, 0.25) is 11.8 Å². The Morgan fingerprint density at radius 2 is 0.969 bits per heavy atom. The van der Waals surface area contributed by atoms with E-state index < -0.39 is 131 Å². The molecule has 24 nitrogen and oxygen atoms in total. The minimum Gasteiger partial charge on any atom is -0.462 e. The van der Waals surface area contributed by atoms with Gasteiger partial charge in [-0.15, -0.1) is 0 Å². The van der Waals surface area contributed by atoms with Gasteiger partial charge in [-0.3, -0.25) is 55.9 Å². The number of fused-ring (bicyclic) bond motifs is 1. The van der Waals surface area contributed by atoms with Gasteiger partial charge in [0.25, 0.3) is 0 Å². The highest BCUT2D eigenvalue weighted by atomic mass is 31.2. The normalized spacial score (nSPS) is 23.5. The van der Waals surface area contributed by atoms with Crippen molar-refractivity contribution in [2.75, 3.05) is 13.2 Å². The maximum absolute atomic E-state index is 15.5. The third kappa shape index (κ3) is 25.2. The number of nitrogens with one attached hydrogen (secondary N) is 2. The van der Waals surface area contributed by atoms with Crippen molar-refractivity contribution in [3.05, 3.63) is 143 Å². The second kappa shape index (κ2) is 40.1. The third-order valence-electron chi connectivity index (χ3n) is 16.9. The molecule has 2 amide bonds. The van der Waals surface area contributed by atoms with E-state index in [1.54, 1.807) is 120 Å². The van der Waals surface area contributed by atoms with E-state index in [2.05, 4.69) is 10.6 Å². The number of ether oxygens (including phenoxy) is 8. The van der Waals surface area contributed by atoms with Gasteiger partial charge >= 0.3 is 39.5 Å². The third-order valence-corrected chi connectivity index (χ3v) is 19.6. The molecular formula is C71H100N2O22P2. The van der Waals surface area contributed by atoms with Crippen LogP contribution < -0.4 is 10.6 Å². The summed E-state index contributed by atoms with van der Waals surface area (Å²) in [6, 6.07) is 31.0. The van der Waals surface area contributed by atoms with Crippen molar-refractivity contribution in [3.8, 4) is 0 Å². The topological polar surface area (TPSA) is 290 Å². The van der Waals surface area contributed by atoms with E-state index in [0.29, 0.717) is 35.1 Å². The zero-order valence-electron chi connectivity index (χ0n) is 56.4. The van der Waals surface area contributed by atoms with Crippen LogP contribution in [0.1, 0.15) is 162 Å². The molecule has 3 heterocycles. The first-order chi connectivity index (χ1) is 46.2. The molecule has 0 aliphatic carbocycles. The first kappa shape index (κ1) is 79.7. The van der Waals surface area contributed by atoms with E-state index in [9.17, 15) is 28.8 Å². The van der Waals surface area contributed by atoms with Gasteiger partial charge in [-0.2, -0.15) is 0 Å². The molecule has 2 saturated heterocycles. The van der Waals surface area contributed by atoms with Crippen LogP contribution >= 0.6 is 15.6 Å². The number of hydrogen-bond donors (Lipinski definition) is 2. The van der Waals surface area contributed by atoms with Crippen LogP contribution in [0, 0.1) is 17.8 Å². The van der Waals surface area contributed by atoms with Gasteiger partial charge in [-0.1, -0.05) is 198 Å². The smallest absolute Gasteiger partial charge is 0.462 e. The van der Waals surface area contributed by atoms with E-state index in [4.69, 9.17) is 65.0 Å². The average molecular weight is 1400 g/mol. The summed E-state index contributed by atoms with van der Waals surface area (Å²) in [5.41, 5.74) is 3.32. The van der Waals surface area contributed by atoms with Crippen molar-refractivity contribution in [3.63, 3.8) is 0 Å². The number of amides is 2. The Kier molecular flexibility index (Phi) is 33.0. The van der Waals surface area contributed by atoms with Crippen LogP contribution in [0.25, 0.3) is 0 Å². The SMILES string of the molecule is C.CCC(=O)O[C@H](CC)CC(=O)NC1[C@@H](OP(=O)(OCc2ccccc2)OCc2ccccc2)OC(CO[C@@H]2OC(COCc3ccccc3)[C@@H](OP3(=O)OCc4ccccc4CO3)[C@H](OC(=O)C[C@H](C)CC)C2NC(=O)C[C@@H](CC)OC(=O)CC)[C@@H](C)[C@@H]1OC(=O)C[C@H](C)CC. The number of esters is 4. The lowest BCUT2D eigenvalue weighted by Crippen LogP contribution is -2.67. The summed E-state index contributed by atoms with van der Waals surface area (Å²) in [6.07, 6.45) is -11.7. The number of phosphoric acid groups is 2.